The minimum Gasteiger partial charge on any atom is -0.492 e. The lowest BCUT2D eigenvalue weighted by molar-refractivity contribution is 0.406. The van der Waals surface area contributed by atoms with Crippen LogP contribution in [0.2, 0.25) is 0 Å². The van der Waals surface area contributed by atoms with Gasteiger partial charge in [0.1, 0.15) is 0 Å². The number of rotatable bonds is 3. The Hall–Kier alpha value is -1.31. The fourth-order valence-electron chi connectivity index (χ4n) is 1.32. The van der Waals surface area contributed by atoms with Gasteiger partial charge in [-0.25, -0.2) is 0 Å². The van der Waals surface area contributed by atoms with E-state index in [4.69, 9.17) is 4.74 Å². The van der Waals surface area contributed by atoms with Crippen molar-refractivity contribution in [3.05, 3.63) is 40.1 Å². The molecule has 0 saturated carbocycles. The predicted octanol–water partition coefficient (Wildman–Crippen LogP) is 2.01. The van der Waals surface area contributed by atoms with Gasteiger partial charge in [0.25, 0.3) is 0 Å². The van der Waals surface area contributed by atoms with Crippen molar-refractivity contribution < 1.29 is 4.74 Å². The molecule has 2 heteroatoms. The van der Waals surface area contributed by atoms with Gasteiger partial charge in [-0.05, 0) is 18.1 Å². The molecule has 0 fully saturated rings. The molecule has 0 N–H and O–H groups in total. The van der Waals surface area contributed by atoms with Crippen LogP contribution < -0.4 is 10.2 Å². The van der Waals surface area contributed by atoms with Crippen LogP contribution in [0.5, 0.6) is 5.75 Å². The summed E-state index contributed by atoms with van der Waals surface area (Å²) in [6.07, 6.45) is 1.90. The molecule has 0 aliphatic rings. The highest BCUT2D eigenvalue weighted by Crippen LogP contribution is 2.12. The minimum atomic E-state index is -0.0454. The molecular weight excluding hydrogens is 164 g/mol. The third-order valence-electron chi connectivity index (χ3n) is 1.90. The average Bonchev–Trinajstić information content (AvgIpc) is 2.28. The van der Waals surface area contributed by atoms with Crippen LogP contribution in [0.15, 0.2) is 29.1 Å². The molecule has 0 bridgehead atoms. The Morgan fingerprint density at radius 3 is 2.62 bits per heavy atom. The Bertz CT molecular complexity index is 331. The van der Waals surface area contributed by atoms with Gasteiger partial charge in [-0.3, -0.25) is 4.79 Å². The maximum absolute atomic E-state index is 11.4. The first-order chi connectivity index (χ1) is 6.29. The lowest BCUT2D eigenvalue weighted by Gasteiger charge is -2.01. The molecule has 0 spiro atoms. The largest absolute Gasteiger partial charge is 0.492 e. The number of hydrogen-bond donors (Lipinski definition) is 0. The summed E-state index contributed by atoms with van der Waals surface area (Å²) in [6, 6.07) is 7.07. The summed E-state index contributed by atoms with van der Waals surface area (Å²) < 4.78 is 5.08. The first-order valence-corrected chi connectivity index (χ1v) is 4.45. The summed E-state index contributed by atoms with van der Waals surface area (Å²) in [5.74, 6) is 0.479. The molecule has 0 aliphatic carbocycles. The highest BCUT2D eigenvalue weighted by molar-refractivity contribution is 5.32. The van der Waals surface area contributed by atoms with E-state index >= 15 is 0 Å². The Morgan fingerprint density at radius 1 is 1.31 bits per heavy atom. The molecule has 2 nitrogen and oxygen atoms in total. The molecule has 0 saturated heterocycles. The standard InChI is InChI=1S/C11H14O2/c1-3-6-9-7-4-5-8-10(12)11(9)13-2/h4-5,7-8H,3,6H2,1-2H3. The predicted molar refractivity (Wildman–Crippen MR) is 53.3 cm³/mol. The monoisotopic (exact) mass is 178 g/mol. The van der Waals surface area contributed by atoms with Crippen LogP contribution in [0.1, 0.15) is 18.9 Å². The van der Waals surface area contributed by atoms with Gasteiger partial charge < -0.3 is 4.74 Å². The van der Waals surface area contributed by atoms with Crippen molar-refractivity contribution >= 4 is 0 Å². The van der Waals surface area contributed by atoms with Gasteiger partial charge in [-0.2, -0.15) is 0 Å². The smallest absolute Gasteiger partial charge is 0.220 e. The second kappa shape index (κ2) is 4.65. The lowest BCUT2D eigenvalue weighted by atomic mass is 10.1. The van der Waals surface area contributed by atoms with Gasteiger partial charge in [-0.1, -0.05) is 31.5 Å². The molecular formula is C11H14O2. The Balaban J connectivity index is 3.25. The quantitative estimate of drug-likeness (QED) is 0.707. The van der Waals surface area contributed by atoms with Crippen LogP contribution in [-0.2, 0) is 6.42 Å². The van der Waals surface area contributed by atoms with Crippen LogP contribution in [0.4, 0.5) is 0 Å². The zero-order valence-electron chi connectivity index (χ0n) is 8.04. The van der Waals surface area contributed by atoms with Crippen LogP contribution in [-0.4, -0.2) is 7.11 Å². The van der Waals surface area contributed by atoms with Gasteiger partial charge in [0.15, 0.2) is 5.75 Å². The first-order valence-electron chi connectivity index (χ1n) is 4.45. The molecule has 1 aromatic rings. The number of methoxy groups -OCH3 is 1. The van der Waals surface area contributed by atoms with E-state index in [1.807, 2.05) is 12.1 Å². The Morgan fingerprint density at radius 2 is 2.00 bits per heavy atom. The molecule has 70 valence electrons. The zero-order chi connectivity index (χ0) is 9.68. The number of ether oxygens (including phenoxy) is 1. The summed E-state index contributed by atoms with van der Waals surface area (Å²) in [5, 5.41) is 0. The van der Waals surface area contributed by atoms with Crippen molar-refractivity contribution in [2.75, 3.05) is 7.11 Å². The van der Waals surface area contributed by atoms with Gasteiger partial charge in [-0.15, -0.1) is 0 Å². The minimum absolute atomic E-state index is 0.0454. The average molecular weight is 178 g/mol. The normalized spacial score (nSPS) is 9.69. The van der Waals surface area contributed by atoms with Crippen LogP contribution in [0.3, 0.4) is 0 Å². The summed E-state index contributed by atoms with van der Waals surface area (Å²) in [4.78, 5) is 11.4. The number of hydrogen-bond acceptors (Lipinski definition) is 2. The van der Waals surface area contributed by atoms with Crippen molar-refractivity contribution in [1.82, 2.24) is 0 Å². The highest BCUT2D eigenvalue weighted by atomic mass is 16.5. The second-order valence-electron chi connectivity index (χ2n) is 2.89. The Labute approximate surface area is 78.2 Å². The van der Waals surface area contributed by atoms with Gasteiger partial charge in [0.2, 0.25) is 5.43 Å². The van der Waals surface area contributed by atoms with E-state index in [2.05, 4.69) is 6.92 Å². The molecule has 0 aromatic heterocycles. The third-order valence-corrected chi connectivity index (χ3v) is 1.90. The zero-order valence-corrected chi connectivity index (χ0v) is 8.04. The highest BCUT2D eigenvalue weighted by Gasteiger charge is 2.02. The summed E-state index contributed by atoms with van der Waals surface area (Å²) in [5.41, 5.74) is 0.941. The van der Waals surface area contributed by atoms with E-state index in [1.165, 1.54) is 13.2 Å². The fraction of sp³-hybridized carbons (Fsp3) is 0.364. The van der Waals surface area contributed by atoms with Gasteiger partial charge in [0.05, 0.1) is 7.11 Å². The van der Waals surface area contributed by atoms with E-state index in [0.717, 1.165) is 18.4 Å². The molecule has 1 aromatic carbocycles. The van der Waals surface area contributed by atoms with E-state index < -0.39 is 0 Å². The van der Waals surface area contributed by atoms with E-state index in [9.17, 15) is 4.79 Å². The molecule has 13 heavy (non-hydrogen) atoms. The summed E-state index contributed by atoms with van der Waals surface area (Å²) in [7, 11) is 1.54. The van der Waals surface area contributed by atoms with Crippen molar-refractivity contribution in [2.45, 2.75) is 19.8 Å². The van der Waals surface area contributed by atoms with E-state index in [1.54, 1.807) is 6.07 Å². The molecule has 0 atom stereocenters. The molecule has 0 unspecified atom stereocenters. The lowest BCUT2D eigenvalue weighted by Crippen LogP contribution is -2.03. The van der Waals surface area contributed by atoms with E-state index in [0.29, 0.717) is 5.75 Å². The molecule has 0 heterocycles. The maximum atomic E-state index is 11.4. The van der Waals surface area contributed by atoms with Crippen molar-refractivity contribution in [3.63, 3.8) is 0 Å². The summed E-state index contributed by atoms with van der Waals surface area (Å²) in [6.45, 7) is 2.08. The van der Waals surface area contributed by atoms with Crippen LogP contribution in [0.25, 0.3) is 0 Å². The van der Waals surface area contributed by atoms with E-state index in [-0.39, 0.29) is 5.43 Å². The van der Waals surface area contributed by atoms with Crippen molar-refractivity contribution in [1.29, 1.82) is 0 Å². The van der Waals surface area contributed by atoms with Crippen LogP contribution >= 0.6 is 0 Å². The number of aryl methyl sites for hydroxylation is 1. The fourth-order valence-corrected chi connectivity index (χ4v) is 1.32. The van der Waals surface area contributed by atoms with Crippen molar-refractivity contribution in [3.8, 4) is 5.75 Å². The second-order valence-corrected chi connectivity index (χ2v) is 2.89. The van der Waals surface area contributed by atoms with Gasteiger partial charge in [0, 0.05) is 0 Å². The molecule has 1 rings (SSSR count). The molecule has 0 aliphatic heterocycles. The maximum Gasteiger partial charge on any atom is 0.220 e. The first kappa shape index (κ1) is 9.78. The topological polar surface area (TPSA) is 26.3 Å². The molecule has 0 amide bonds. The third kappa shape index (κ3) is 2.31. The molecule has 0 radical (unpaired) electrons. The van der Waals surface area contributed by atoms with Crippen LogP contribution in [0, 0.1) is 0 Å². The SMILES string of the molecule is CCCc1ccccc(=O)c1OC. The Kier molecular flexibility index (Phi) is 3.50. The van der Waals surface area contributed by atoms with Gasteiger partial charge >= 0.3 is 0 Å². The summed E-state index contributed by atoms with van der Waals surface area (Å²) >= 11 is 0. The van der Waals surface area contributed by atoms with Crippen molar-refractivity contribution in [2.24, 2.45) is 0 Å².